The Balaban J connectivity index is 2.55. The van der Waals surface area contributed by atoms with Crippen molar-refractivity contribution in [1.82, 2.24) is 4.98 Å². The van der Waals surface area contributed by atoms with Gasteiger partial charge in [-0.25, -0.2) is 0 Å². The maximum atomic E-state index is 11.3. The first-order valence-corrected chi connectivity index (χ1v) is 5.24. The number of benzene rings is 1. The van der Waals surface area contributed by atoms with Gasteiger partial charge in [0, 0.05) is 17.5 Å². The van der Waals surface area contributed by atoms with Crippen LogP contribution in [-0.4, -0.2) is 22.6 Å². The Morgan fingerprint density at radius 3 is 2.81 bits per heavy atom. The summed E-state index contributed by atoms with van der Waals surface area (Å²) in [5.74, 6) is -0.455. The number of amides is 1. The third-order valence-electron chi connectivity index (χ3n) is 2.64. The Bertz CT molecular complexity index is 517. The van der Waals surface area contributed by atoms with Crippen LogP contribution in [0.3, 0.4) is 0 Å². The lowest BCUT2D eigenvalue weighted by Crippen LogP contribution is -2.13. The summed E-state index contributed by atoms with van der Waals surface area (Å²) in [6.07, 6.45) is 1.28. The van der Waals surface area contributed by atoms with Crippen molar-refractivity contribution < 1.29 is 9.90 Å². The van der Waals surface area contributed by atoms with Crippen LogP contribution in [0.4, 0.5) is 0 Å². The van der Waals surface area contributed by atoms with E-state index in [0.717, 1.165) is 16.5 Å². The van der Waals surface area contributed by atoms with Crippen LogP contribution in [0, 0.1) is 0 Å². The first-order chi connectivity index (χ1) is 7.74. The second-order valence-corrected chi connectivity index (χ2v) is 3.72. The van der Waals surface area contributed by atoms with Crippen LogP contribution >= 0.6 is 0 Å². The minimum absolute atomic E-state index is 0.109. The van der Waals surface area contributed by atoms with E-state index in [1.165, 1.54) is 0 Å². The molecule has 4 N–H and O–H groups in total. The third kappa shape index (κ3) is 1.79. The van der Waals surface area contributed by atoms with Crippen molar-refractivity contribution in [3.05, 3.63) is 35.5 Å². The zero-order valence-corrected chi connectivity index (χ0v) is 8.86. The number of nitrogens with one attached hydrogen (secondary N) is 1. The molecule has 0 radical (unpaired) electrons. The van der Waals surface area contributed by atoms with Crippen molar-refractivity contribution in [3.8, 4) is 0 Å². The molecule has 2 rings (SSSR count). The highest BCUT2D eigenvalue weighted by Gasteiger charge is 2.14. The topological polar surface area (TPSA) is 79.1 Å². The van der Waals surface area contributed by atoms with E-state index in [2.05, 4.69) is 4.98 Å². The molecule has 1 aromatic carbocycles. The van der Waals surface area contributed by atoms with Crippen molar-refractivity contribution >= 4 is 16.8 Å². The molecule has 0 fully saturated rings. The van der Waals surface area contributed by atoms with Crippen LogP contribution in [0.2, 0.25) is 0 Å². The number of hydrogen-bond donors (Lipinski definition) is 3. The predicted molar refractivity (Wildman–Crippen MR) is 62.2 cm³/mol. The Kier molecular flexibility index (Phi) is 2.92. The second-order valence-electron chi connectivity index (χ2n) is 3.72. The highest BCUT2D eigenvalue weighted by Crippen LogP contribution is 2.23. The molecule has 2 aromatic rings. The van der Waals surface area contributed by atoms with Crippen LogP contribution in [0.1, 0.15) is 22.5 Å². The van der Waals surface area contributed by atoms with Gasteiger partial charge in [0.2, 0.25) is 0 Å². The average Bonchev–Trinajstić information content (AvgIpc) is 2.65. The number of carbonyl (C=O) groups is 1. The summed E-state index contributed by atoms with van der Waals surface area (Å²) >= 11 is 0. The molecule has 0 atom stereocenters. The van der Waals surface area contributed by atoms with Gasteiger partial charge < -0.3 is 15.8 Å². The number of nitrogens with two attached hydrogens (primary N) is 1. The molecule has 0 aliphatic rings. The fourth-order valence-corrected chi connectivity index (χ4v) is 1.93. The number of aryl methyl sites for hydroxylation is 1. The van der Waals surface area contributed by atoms with Gasteiger partial charge in [-0.2, -0.15) is 0 Å². The van der Waals surface area contributed by atoms with Crippen LogP contribution in [0.25, 0.3) is 10.9 Å². The zero-order chi connectivity index (χ0) is 11.5. The summed E-state index contributed by atoms with van der Waals surface area (Å²) < 4.78 is 0. The number of aliphatic hydroxyl groups excluding tert-OH is 1. The SMILES string of the molecule is NC(=O)c1[nH]c2ccccc2c1CCCO. The molecule has 84 valence electrons. The van der Waals surface area contributed by atoms with Gasteiger partial charge in [0.05, 0.1) is 0 Å². The number of fused-ring (bicyclic) bond motifs is 1. The van der Waals surface area contributed by atoms with Gasteiger partial charge in [0.15, 0.2) is 0 Å². The molecule has 0 aliphatic carbocycles. The lowest BCUT2D eigenvalue weighted by atomic mass is 10.1. The normalized spacial score (nSPS) is 10.8. The number of hydrogen-bond acceptors (Lipinski definition) is 2. The van der Waals surface area contributed by atoms with Gasteiger partial charge in [-0.15, -0.1) is 0 Å². The smallest absolute Gasteiger partial charge is 0.265 e. The Hall–Kier alpha value is -1.81. The quantitative estimate of drug-likeness (QED) is 0.720. The third-order valence-corrected chi connectivity index (χ3v) is 2.64. The molecule has 0 saturated heterocycles. The van der Waals surface area contributed by atoms with Crippen LogP contribution < -0.4 is 5.73 Å². The fourth-order valence-electron chi connectivity index (χ4n) is 1.93. The molecule has 16 heavy (non-hydrogen) atoms. The second kappa shape index (κ2) is 4.37. The standard InChI is InChI=1S/C12H14N2O2/c13-12(16)11-9(5-3-7-15)8-4-1-2-6-10(8)14-11/h1-2,4,6,14-15H,3,5,7H2,(H2,13,16). The molecular formula is C12H14N2O2. The number of primary amides is 1. The lowest BCUT2D eigenvalue weighted by molar-refractivity contribution is 0.0995. The molecule has 0 unspecified atom stereocenters. The monoisotopic (exact) mass is 218 g/mol. The molecule has 1 aromatic heterocycles. The van der Waals surface area contributed by atoms with Gasteiger partial charge in [-0.05, 0) is 24.5 Å². The summed E-state index contributed by atoms with van der Waals surface area (Å²) in [6, 6.07) is 7.68. The average molecular weight is 218 g/mol. The summed E-state index contributed by atoms with van der Waals surface area (Å²) in [5, 5.41) is 9.84. The number of carbonyl (C=O) groups excluding carboxylic acids is 1. The molecule has 1 heterocycles. The maximum absolute atomic E-state index is 11.3. The molecule has 4 heteroatoms. The largest absolute Gasteiger partial charge is 0.396 e. The van der Waals surface area contributed by atoms with Crippen molar-refractivity contribution in [1.29, 1.82) is 0 Å². The highest BCUT2D eigenvalue weighted by molar-refractivity contribution is 6.00. The van der Waals surface area contributed by atoms with E-state index < -0.39 is 5.91 Å². The van der Waals surface area contributed by atoms with Crippen molar-refractivity contribution in [3.63, 3.8) is 0 Å². The van der Waals surface area contributed by atoms with E-state index in [1.807, 2.05) is 24.3 Å². The lowest BCUT2D eigenvalue weighted by Gasteiger charge is -2.00. The van der Waals surface area contributed by atoms with Crippen LogP contribution in [-0.2, 0) is 6.42 Å². The summed E-state index contributed by atoms with van der Waals surface area (Å²) in [6.45, 7) is 0.109. The van der Waals surface area contributed by atoms with E-state index in [1.54, 1.807) is 0 Å². The molecule has 0 saturated carbocycles. The fraction of sp³-hybridized carbons (Fsp3) is 0.250. The molecular weight excluding hydrogens is 204 g/mol. The summed E-state index contributed by atoms with van der Waals surface area (Å²) in [5.41, 5.74) is 7.58. The predicted octanol–water partition coefficient (Wildman–Crippen LogP) is 1.19. The van der Waals surface area contributed by atoms with Gasteiger partial charge in [-0.3, -0.25) is 4.79 Å². The first-order valence-electron chi connectivity index (χ1n) is 5.24. The molecule has 1 amide bonds. The van der Waals surface area contributed by atoms with E-state index in [4.69, 9.17) is 10.8 Å². The number of H-pyrrole nitrogens is 1. The summed E-state index contributed by atoms with van der Waals surface area (Å²) in [4.78, 5) is 14.3. The van der Waals surface area contributed by atoms with Gasteiger partial charge >= 0.3 is 0 Å². The number of aliphatic hydroxyl groups is 1. The molecule has 0 bridgehead atoms. The van der Waals surface area contributed by atoms with Gasteiger partial charge in [0.25, 0.3) is 5.91 Å². The Labute approximate surface area is 93.1 Å². The van der Waals surface area contributed by atoms with Gasteiger partial charge in [-0.1, -0.05) is 18.2 Å². The van der Waals surface area contributed by atoms with Crippen molar-refractivity contribution in [2.24, 2.45) is 5.73 Å². The zero-order valence-electron chi connectivity index (χ0n) is 8.86. The highest BCUT2D eigenvalue weighted by atomic mass is 16.2. The van der Waals surface area contributed by atoms with Crippen molar-refractivity contribution in [2.75, 3.05) is 6.61 Å². The maximum Gasteiger partial charge on any atom is 0.265 e. The first kappa shape index (κ1) is 10.7. The Morgan fingerprint density at radius 1 is 1.38 bits per heavy atom. The van der Waals surface area contributed by atoms with Crippen LogP contribution in [0.5, 0.6) is 0 Å². The molecule has 0 spiro atoms. The van der Waals surface area contributed by atoms with Crippen molar-refractivity contribution in [2.45, 2.75) is 12.8 Å². The minimum atomic E-state index is -0.455. The minimum Gasteiger partial charge on any atom is -0.396 e. The van der Waals surface area contributed by atoms with Gasteiger partial charge in [0.1, 0.15) is 5.69 Å². The molecule has 4 nitrogen and oxygen atoms in total. The van der Waals surface area contributed by atoms with E-state index in [9.17, 15) is 4.79 Å². The van der Waals surface area contributed by atoms with Crippen LogP contribution in [0.15, 0.2) is 24.3 Å². The molecule has 0 aliphatic heterocycles. The number of aromatic amines is 1. The number of aromatic nitrogens is 1. The number of rotatable bonds is 4. The number of para-hydroxylation sites is 1. The summed E-state index contributed by atoms with van der Waals surface area (Å²) in [7, 11) is 0. The van der Waals surface area contributed by atoms with E-state index >= 15 is 0 Å². The van der Waals surface area contributed by atoms with E-state index in [-0.39, 0.29) is 6.61 Å². The van der Waals surface area contributed by atoms with E-state index in [0.29, 0.717) is 18.5 Å². The Morgan fingerprint density at radius 2 is 2.12 bits per heavy atom.